The van der Waals surface area contributed by atoms with E-state index in [2.05, 4.69) is 11.0 Å². The van der Waals surface area contributed by atoms with E-state index < -0.39 is 17.5 Å². The minimum Gasteiger partial charge on any atom is -0.478 e. The number of piperidine rings is 1. The van der Waals surface area contributed by atoms with Gasteiger partial charge in [-0.1, -0.05) is 55.0 Å². The van der Waals surface area contributed by atoms with Gasteiger partial charge in [0.05, 0.1) is 5.69 Å². The number of para-hydroxylation sites is 1. The highest BCUT2D eigenvalue weighted by Crippen LogP contribution is 2.47. The minimum absolute atomic E-state index is 0. The van der Waals surface area contributed by atoms with Crippen LogP contribution >= 0.6 is 0 Å². The van der Waals surface area contributed by atoms with E-state index in [9.17, 15) is 14.4 Å². The van der Waals surface area contributed by atoms with Gasteiger partial charge in [0, 0.05) is 30.9 Å². The summed E-state index contributed by atoms with van der Waals surface area (Å²) in [4.78, 5) is 37.3. The van der Waals surface area contributed by atoms with Crippen molar-refractivity contribution in [2.24, 2.45) is 0 Å². The van der Waals surface area contributed by atoms with Crippen LogP contribution in [0.2, 0.25) is 0 Å². The van der Waals surface area contributed by atoms with E-state index in [0.29, 0.717) is 18.8 Å². The molecule has 37 heavy (non-hydrogen) atoms. The van der Waals surface area contributed by atoms with Crippen molar-refractivity contribution < 1.29 is 34.8 Å². The number of anilines is 1. The van der Waals surface area contributed by atoms with Crippen molar-refractivity contribution in [1.29, 1.82) is 0 Å². The lowest BCUT2D eigenvalue weighted by atomic mass is 9.87. The molecule has 0 radical (unpaired) electrons. The van der Waals surface area contributed by atoms with E-state index in [1.165, 1.54) is 32.4 Å². The maximum Gasteiger partial charge on any atom is 0.328 e. The molecule has 9 heteroatoms. The van der Waals surface area contributed by atoms with E-state index in [0.717, 1.165) is 36.3 Å². The van der Waals surface area contributed by atoms with Crippen molar-refractivity contribution in [2.75, 3.05) is 37.7 Å². The summed E-state index contributed by atoms with van der Waals surface area (Å²) in [6, 6.07) is 18.0. The van der Waals surface area contributed by atoms with E-state index in [-0.39, 0.29) is 11.4 Å². The monoisotopic (exact) mass is 512 g/mol. The van der Waals surface area contributed by atoms with Crippen LogP contribution in [0.3, 0.4) is 0 Å². The van der Waals surface area contributed by atoms with Crippen LogP contribution in [-0.2, 0) is 24.7 Å². The lowest BCUT2D eigenvalue weighted by Gasteiger charge is -2.30. The number of likely N-dealkylation sites (tertiary alicyclic amines) is 1. The molecule has 1 fully saturated rings. The molecule has 1 saturated heterocycles. The zero-order chi connectivity index (χ0) is 26.0. The number of benzene rings is 2. The molecule has 1 unspecified atom stereocenters. The van der Waals surface area contributed by atoms with Crippen LogP contribution in [0, 0.1) is 0 Å². The summed E-state index contributed by atoms with van der Waals surface area (Å²) >= 11 is 0. The lowest BCUT2D eigenvalue weighted by Crippen LogP contribution is -2.44. The Labute approximate surface area is 217 Å². The molecular weight excluding hydrogens is 476 g/mol. The zero-order valence-corrected chi connectivity index (χ0v) is 21.1. The molecule has 2 aliphatic heterocycles. The second-order valence-electron chi connectivity index (χ2n) is 8.72. The SMILES string of the molecule is CCOC1(c2ccccc2)C(=O)N(CCCN2CCCCC2)c2ccccc21.O.O=C(O)/C=C/C(=O)O. The number of hydrogen-bond acceptors (Lipinski definition) is 5. The van der Waals surface area contributed by atoms with Crippen LogP contribution in [-0.4, -0.2) is 71.2 Å². The molecule has 0 saturated carbocycles. The molecule has 1 amide bonds. The third-order valence-electron chi connectivity index (χ3n) is 6.33. The molecule has 0 aliphatic carbocycles. The first kappa shape index (κ1) is 29.7. The summed E-state index contributed by atoms with van der Waals surface area (Å²) in [6.07, 6.45) is 6.05. The second-order valence-corrected chi connectivity index (χ2v) is 8.72. The van der Waals surface area contributed by atoms with E-state index in [1.807, 2.05) is 60.4 Å². The van der Waals surface area contributed by atoms with Gasteiger partial charge in [-0.15, -0.1) is 0 Å². The molecule has 1 atom stereocenters. The normalized spacial score (nSPS) is 19.1. The molecular formula is C28H36N2O7. The van der Waals surface area contributed by atoms with E-state index in [4.69, 9.17) is 14.9 Å². The molecule has 0 aromatic heterocycles. The predicted octanol–water partition coefficient (Wildman–Crippen LogP) is 3.08. The Morgan fingerprint density at radius 2 is 1.51 bits per heavy atom. The van der Waals surface area contributed by atoms with Gasteiger partial charge in [0.25, 0.3) is 5.91 Å². The summed E-state index contributed by atoms with van der Waals surface area (Å²) in [5, 5.41) is 15.6. The van der Waals surface area contributed by atoms with E-state index in [1.54, 1.807) is 0 Å². The van der Waals surface area contributed by atoms with Crippen LogP contribution in [0.25, 0.3) is 0 Å². The Balaban J connectivity index is 0.000000467. The van der Waals surface area contributed by atoms with Gasteiger partial charge in [0.2, 0.25) is 0 Å². The molecule has 0 spiro atoms. The average Bonchev–Trinajstić information content (AvgIpc) is 3.13. The molecule has 200 valence electrons. The van der Waals surface area contributed by atoms with Gasteiger partial charge in [-0.3, -0.25) is 4.79 Å². The van der Waals surface area contributed by atoms with Crippen LogP contribution in [0.4, 0.5) is 5.69 Å². The van der Waals surface area contributed by atoms with Gasteiger partial charge in [0.15, 0.2) is 5.60 Å². The third kappa shape index (κ3) is 7.25. The molecule has 9 nitrogen and oxygen atoms in total. The van der Waals surface area contributed by atoms with Crippen LogP contribution in [0.5, 0.6) is 0 Å². The predicted molar refractivity (Wildman–Crippen MR) is 141 cm³/mol. The molecule has 4 rings (SSSR count). The number of carbonyl (C=O) groups is 3. The number of carbonyl (C=O) groups excluding carboxylic acids is 1. The van der Waals surface area contributed by atoms with Gasteiger partial charge >= 0.3 is 11.9 Å². The standard InChI is InChI=1S/C24H30N2O2.C4H4O4.H2O/c1-2-28-24(20-12-5-3-6-13-20)21-14-7-8-15-22(21)26(23(24)27)19-11-18-25-16-9-4-10-17-25;5-3(6)1-2-4(7)8;/h3,5-8,12-15H,2,4,9-11,16-19H2,1H3;1-2H,(H,5,6)(H,7,8);1H2/b;2-1+;. The average molecular weight is 513 g/mol. The molecule has 0 bridgehead atoms. The molecule has 2 aliphatic rings. The number of fused-ring (bicyclic) bond motifs is 1. The fraction of sp³-hybridized carbons (Fsp3) is 0.393. The van der Waals surface area contributed by atoms with Gasteiger partial charge in [0.1, 0.15) is 0 Å². The van der Waals surface area contributed by atoms with Gasteiger partial charge < -0.3 is 30.2 Å². The number of rotatable bonds is 9. The number of carboxylic acid groups (broad SMARTS) is 2. The Hall–Kier alpha value is -3.53. The van der Waals surface area contributed by atoms with Crippen molar-refractivity contribution in [3.8, 4) is 0 Å². The topological polar surface area (TPSA) is 139 Å². The van der Waals surface area contributed by atoms with Crippen molar-refractivity contribution in [2.45, 2.75) is 38.2 Å². The minimum atomic E-state index is -1.26. The Bertz CT molecular complexity index is 1050. The highest BCUT2D eigenvalue weighted by Gasteiger charge is 2.52. The smallest absolute Gasteiger partial charge is 0.328 e. The number of nitrogens with zero attached hydrogens (tertiary/aromatic N) is 2. The molecule has 4 N–H and O–H groups in total. The largest absolute Gasteiger partial charge is 0.478 e. The van der Waals surface area contributed by atoms with Crippen molar-refractivity contribution in [3.63, 3.8) is 0 Å². The first-order valence-electron chi connectivity index (χ1n) is 12.4. The van der Waals surface area contributed by atoms with Gasteiger partial charge in [-0.05, 0) is 57.5 Å². The fourth-order valence-corrected chi connectivity index (χ4v) is 4.81. The van der Waals surface area contributed by atoms with Crippen molar-refractivity contribution in [3.05, 3.63) is 77.9 Å². The molecule has 2 aromatic rings. The number of carboxylic acids is 2. The summed E-state index contributed by atoms with van der Waals surface area (Å²) in [5.41, 5.74) is 1.83. The summed E-state index contributed by atoms with van der Waals surface area (Å²) in [7, 11) is 0. The summed E-state index contributed by atoms with van der Waals surface area (Å²) in [5.74, 6) is -2.47. The highest BCUT2D eigenvalue weighted by molar-refractivity contribution is 6.09. The van der Waals surface area contributed by atoms with Crippen molar-refractivity contribution in [1.82, 2.24) is 4.90 Å². The molecule has 2 heterocycles. The Morgan fingerprint density at radius 3 is 2.11 bits per heavy atom. The first-order chi connectivity index (χ1) is 17.4. The number of amides is 1. The van der Waals surface area contributed by atoms with Crippen LogP contribution in [0.15, 0.2) is 66.7 Å². The van der Waals surface area contributed by atoms with Crippen molar-refractivity contribution >= 4 is 23.5 Å². The highest BCUT2D eigenvalue weighted by atomic mass is 16.5. The van der Waals surface area contributed by atoms with E-state index >= 15 is 0 Å². The molecule has 2 aromatic carbocycles. The van der Waals surface area contributed by atoms with Gasteiger partial charge in [-0.25, -0.2) is 9.59 Å². The first-order valence-corrected chi connectivity index (χ1v) is 12.4. The van der Waals surface area contributed by atoms with Crippen LogP contribution in [0.1, 0.15) is 43.7 Å². The van der Waals surface area contributed by atoms with Gasteiger partial charge in [-0.2, -0.15) is 0 Å². The maximum absolute atomic E-state index is 13.7. The quantitative estimate of drug-likeness (QED) is 0.492. The number of ether oxygens (including phenoxy) is 1. The summed E-state index contributed by atoms with van der Waals surface area (Å²) < 4.78 is 6.24. The maximum atomic E-state index is 13.7. The third-order valence-corrected chi connectivity index (χ3v) is 6.33. The fourth-order valence-electron chi connectivity index (χ4n) is 4.81. The Morgan fingerprint density at radius 1 is 0.919 bits per heavy atom. The Kier molecular flexibility index (Phi) is 11.5. The van der Waals surface area contributed by atoms with Crippen LogP contribution < -0.4 is 4.90 Å². The number of aliphatic carboxylic acids is 2. The zero-order valence-electron chi connectivity index (χ0n) is 21.1. The lowest BCUT2D eigenvalue weighted by molar-refractivity contribution is -0.137. The second kappa shape index (κ2) is 14.3. The number of hydrogen-bond donors (Lipinski definition) is 2. The summed E-state index contributed by atoms with van der Waals surface area (Å²) in [6.45, 7) is 6.61.